The first-order chi connectivity index (χ1) is 11.8. The third kappa shape index (κ3) is 4.74. The SMILES string of the molecule is O=C(NC1=NC/C=C\C=C/CS1)C1CCN(c2ccccc2)CC1. The Morgan fingerprint density at radius 3 is 2.67 bits per heavy atom. The topological polar surface area (TPSA) is 44.7 Å². The Hall–Kier alpha value is -2.01. The monoisotopic (exact) mass is 341 g/mol. The molecule has 0 bridgehead atoms. The average Bonchev–Trinajstić information content (AvgIpc) is 2.77. The molecule has 0 saturated carbocycles. The number of carbonyl (C=O) groups excluding carboxylic acids is 1. The Kier molecular flexibility index (Phi) is 6.13. The van der Waals surface area contributed by atoms with Crippen LogP contribution in [0.1, 0.15) is 12.8 Å². The first kappa shape index (κ1) is 16.8. The molecule has 2 aliphatic heterocycles. The zero-order chi connectivity index (χ0) is 16.6. The first-order valence-corrected chi connectivity index (χ1v) is 9.41. The lowest BCUT2D eigenvalue weighted by atomic mass is 9.95. The molecule has 0 atom stereocenters. The Morgan fingerprint density at radius 2 is 1.88 bits per heavy atom. The number of para-hydroxylation sites is 1. The number of piperidine rings is 1. The molecule has 24 heavy (non-hydrogen) atoms. The van der Waals surface area contributed by atoms with E-state index in [2.05, 4.69) is 45.6 Å². The second-order valence-electron chi connectivity index (χ2n) is 5.90. The van der Waals surface area contributed by atoms with Crippen molar-refractivity contribution in [1.29, 1.82) is 0 Å². The van der Waals surface area contributed by atoms with Crippen LogP contribution in [-0.2, 0) is 4.79 Å². The van der Waals surface area contributed by atoms with Gasteiger partial charge < -0.3 is 10.2 Å². The van der Waals surface area contributed by atoms with Crippen molar-refractivity contribution in [3.8, 4) is 0 Å². The van der Waals surface area contributed by atoms with Crippen LogP contribution in [-0.4, -0.2) is 36.5 Å². The normalized spacial score (nSPS) is 21.8. The van der Waals surface area contributed by atoms with Crippen LogP contribution in [0.5, 0.6) is 0 Å². The van der Waals surface area contributed by atoms with E-state index in [-0.39, 0.29) is 11.8 Å². The van der Waals surface area contributed by atoms with E-state index >= 15 is 0 Å². The highest BCUT2D eigenvalue weighted by molar-refractivity contribution is 8.14. The standard InChI is InChI=1S/C19H23N3OS/c23-18(21-19-20-12-6-1-2-7-15-24-19)16-10-13-22(14-11-16)17-8-4-3-5-9-17/h1-9,16H,10-15H2,(H,20,21,23)/b6-1-,7-2-. The minimum absolute atomic E-state index is 0.0759. The summed E-state index contributed by atoms with van der Waals surface area (Å²) < 4.78 is 0. The Morgan fingerprint density at radius 1 is 1.12 bits per heavy atom. The third-order valence-corrected chi connectivity index (χ3v) is 5.12. The number of anilines is 1. The number of rotatable bonds is 2. The summed E-state index contributed by atoms with van der Waals surface area (Å²) in [4.78, 5) is 19.3. The molecule has 3 rings (SSSR count). The molecule has 0 aromatic heterocycles. The van der Waals surface area contributed by atoms with Gasteiger partial charge in [-0.1, -0.05) is 54.3 Å². The highest BCUT2D eigenvalue weighted by Crippen LogP contribution is 2.23. The molecule has 0 aliphatic carbocycles. The molecule has 4 nitrogen and oxygen atoms in total. The number of carbonyl (C=O) groups is 1. The minimum Gasteiger partial charge on any atom is -0.371 e. The number of amides is 1. The van der Waals surface area contributed by atoms with Crippen molar-refractivity contribution < 1.29 is 4.79 Å². The van der Waals surface area contributed by atoms with Crippen LogP contribution in [0, 0.1) is 5.92 Å². The highest BCUT2D eigenvalue weighted by Gasteiger charge is 2.25. The van der Waals surface area contributed by atoms with E-state index in [1.807, 2.05) is 24.3 Å². The largest absolute Gasteiger partial charge is 0.371 e. The number of benzene rings is 1. The molecule has 2 aliphatic rings. The molecule has 1 amide bonds. The molecule has 5 heteroatoms. The fraction of sp³-hybridized carbons (Fsp3) is 0.368. The maximum atomic E-state index is 12.5. The van der Waals surface area contributed by atoms with Crippen LogP contribution < -0.4 is 10.2 Å². The zero-order valence-corrected chi connectivity index (χ0v) is 14.5. The van der Waals surface area contributed by atoms with Crippen LogP contribution in [0.2, 0.25) is 0 Å². The molecule has 1 fully saturated rings. The summed E-state index contributed by atoms with van der Waals surface area (Å²) in [6.07, 6.45) is 9.86. The molecule has 0 unspecified atom stereocenters. The Labute approximate surface area is 147 Å². The lowest BCUT2D eigenvalue weighted by molar-refractivity contribution is -0.124. The van der Waals surface area contributed by atoms with Gasteiger partial charge in [0.05, 0.1) is 6.54 Å². The van der Waals surface area contributed by atoms with Crippen molar-refractivity contribution >= 4 is 28.5 Å². The molecule has 1 aromatic rings. The molecule has 1 saturated heterocycles. The van der Waals surface area contributed by atoms with Crippen molar-refractivity contribution in [1.82, 2.24) is 5.32 Å². The quantitative estimate of drug-likeness (QED) is 0.898. The van der Waals surface area contributed by atoms with E-state index in [1.54, 1.807) is 11.8 Å². The number of thioether (sulfide) groups is 1. The van der Waals surface area contributed by atoms with Gasteiger partial charge in [-0.05, 0) is 25.0 Å². The predicted molar refractivity (Wildman–Crippen MR) is 103 cm³/mol. The maximum Gasteiger partial charge on any atom is 0.229 e. The second-order valence-corrected chi connectivity index (χ2v) is 6.91. The fourth-order valence-corrected chi connectivity index (χ4v) is 3.61. The summed E-state index contributed by atoms with van der Waals surface area (Å²) in [6.45, 7) is 2.46. The van der Waals surface area contributed by atoms with Gasteiger partial charge in [0.15, 0.2) is 5.17 Å². The van der Waals surface area contributed by atoms with E-state index in [9.17, 15) is 4.79 Å². The first-order valence-electron chi connectivity index (χ1n) is 8.43. The number of hydrogen-bond donors (Lipinski definition) is 1. The molecule has 0 radical (unpaired) electrons. The molecule has 2 heterocycles. The molecule has 126 valence electrons. The van der Waals surface area contributed by atoms with Gasteiger partial charge in [-0.3, -0.25) is 9.79 Å². The third-order valence-electron chi connectivity index (χ3n) is 4.26. The van der Waals surface area contributed by atoms with Crippen LogP contribution >= 0.6 is 11.8 Å². The predicted octanol–water partition coefficient (Wildman–Crippen LogP) is 3.23. The number of nitrogens with one attached hydrogen (secondary N) is 1. The molecular weight excluding hydrogens is 318 g/mol. The highest BCUT2D eigenvalue weighted by atomic mass is 32.2. The summed E-state index contributed by atoms with van der Waals surface area (Å²) in [5.41, 5.74) is 1.24. The Bertz CT molecular complexity index is 631. The summed E-state index contributed by atoms with van der Waals surface area (Å²) in [5, 5.41) is 3.76. The zero-order valence-electron chi connectivity index (χ0n) is 13.7. The van der Waals surface area contributed by atoms with Crippen LogP contribution in [0.25, 0.3) is 0 Å². The molecule has 1 aromatic carbocycles. The van der Waals surface area contributed by atoms with Crippen molar-refractivity contribution in [2.45, 2.75) is 12.8 Å². The second kappa shape index (κ2) is 8.73. The maximum absolute atomic E-state index is 12.5. The van der Waals surface area contributed by atoms with Crippen molar-refractivity contribution in [2.24, 2.45) is 10.9 Å². The minimum atomic E-state index is 0.0759. The van der Waals surface area contributed by atoms with E-state index in [4.69, 9.17) is 0 Å². The lowest BCUT2D eigenvalue weighted by Crippen LogP contribution is -2.42. The smallest absolute Gasteiger partial charge is 0.229 e. The van der Waals surface area contributed by atoms with Crippen LogP contribution in [0.3, 0.4) is 0 Å². The number of amidine groups is 1. The van der Waals surface area contributed by atoms with Crippen LogP contribution in [0.4, 0.5) is 5.69 Å². The van der Waals surface area contributed by atoms with Gasteiger partial charge in [0.1, 0.15) is 0 Å². The molecular formula is C19H23N3OS. The summed E-state index contributed by atoms with van der Waals surface area (Å²) in [5.74, 6) is 1.02. The van der Waals surface area contributed by atoms with Crippen molar-refractivity contribution in [3.05, 3.63) is 54.6 Å². The average molecular weight is 341 g/mol. The summed E-state index contributed by atoms with van der Waals surface area (Å²) >= 11 is 1.58. The van der Waals surface area contributed by atoms with Gasteiger partial charge in [-0.15, -0.1) is 0 Å². The van der Waals surface area contributed by atoms with Gasteiger partial charge in [-0.25, -0.2) is 0 Å². The fourth-order valence-electron chi connectivity index (χ4n) is 2.90. The number of aliphatic imine (C=N–C) groups is 1. The summed E-state index contributed by atoms with van der Waals surface area (Å²) in [6, 6.07) is 10.4. The number of allylic oxidation sites excluding steroid dienone is 2. The van der Waals surface area contributed by atoms with Gasteiger partial charge in [0, 0.05) is 30.4 Å². The van der Waals surface area contributed by atoms with Gasteiger partial charge in [-0.2, -0.15) is 0 Å². The van der Waals surface area contributed by atoms with Gasteiger partial charge in [0.2, 0.25) is 5.91 Å². The lowest BCUT2D eigenvalue weighted by Gasteiger charge is -2.33. The van der Waals surface area contributed by atoms with Crippen molar-refractivity contribution in [3.63, 3.8) is 0 Å². The molecule has 1 N–H and O–H groups in total. The van der Waals surface area contributed by atoms with Gasteiger partial charge in [0.25, 0.3) is 0 Å². The van der Waals surface area contributed by atoms with E-state index in [1.165, 1.54) is 5.69 Å². The van der Waals surface area contributed by atoms with E-state index in [0.29, 0.717) is 6.54 Å². The van der Waals surface area contributed by atoms with E-state index in [0.717, 1.165) is 36.9 Å². The number of nitrogens with zero attached hydrogens (tertiary/aromatic N) is 2. The Balaban J connectivity index is 1.51. The van der Waals surface area contributed by atoms with Crippen LogP contribution in [0.15, 0.2) is 59.6 Å². The van der Waals surface area contributed by atoms with E-state index < -0.39 is 0 Å². The number of hydrogen-bond acceptors (Lipinski definition) is 4. The van der Waals surface area contributed by atoms with Gasteiger partial charge >= 0.3 is 0 Å². The van der Waals surface area contributed by atoms with Crippen molar-refractivity contribution in [2.75, 3.05) is 30.3 Å². The molecule has 0 spiro atoms. The summed E-state index contributed by atoms with van der Waals surface area (Å²) in [7, 11) is 0.